The average molecular weight is 242 g/mol. The highest BCUT2D eigenvalue weighted by molar-refractivity contribution is 7.10. The zero-order valence-electron chi connectivity index (χ0n) is 9.64. The number of hydrogen-bond acceptors (Lipinski definition) is 4. The van der Waals surface area contributed by atoms with Crippen LogP contribution in [0.3, 0.4) is 0 Å². The largest absolute Gasteiger partial charge is 0.395 e. The van der Waals surface area contributed by atoms with Crippen molar-refractivity contribution in [2.24, 2.45) is 0 Å². The van der Waals surface area contributed by atoms with Crippen molar-refractivity contribution in [3.8, 4) is 0 Å². The molecule has 0 radical (unpaired) electrons. The Labute approximate surface area is 99.9 Å². The third kappa shape index (κ3) is 3.92. The van der Waals surface area contributed by atoms with Gasteiger partial charge in [-0.1, -0.05) is 6.07 Å². The fourth-order valence-corrected chi connectivity index (χ4v) is 2.21. The van der Waals surface area contributed by atoms with Crippen LogP contribution in [-0.4, -0.2) is 42.7 Å². The molecule has 0 spiro atoms. The van der Waals surface area contributed by atoms with Crippen molar-refractivity contribution in [3.63, 3.8) is 0 Å². The zero-order valence-corrected chi connectivity index (χ0v) is 10.5. The monoisotopic (exact) mass is 242 g/mol. The molecular formula is C11H18N2O2S. The minimum absolute atomic E-state index is 0.0179. The molecule has 1 rings (SSSR count). The lowest BCUT2D eigenvalue weighted by molar-refractivity contribution is -0.122. The van der Waals surface area contributed by atoms with E-state index >= 15 is 0 Å². The van der Waals surface area contributed by atoms with Crippen LogP contribution < -0.4 is 5.32 Å². The first-order valence-corrected chi connectivity index (χ1v) is 6.14. The molecule has 1 aromatic rings. The Hall–Kier alpha value is -0.910. The van der Waals surface area contributed by atoms with Crippen molar-refractivity contribution in [2.45, 2.75) is 13.0 Å². The number of amides is 1. The molecule has 1 amide bonds. The Bertz CT molecular complexity index is 314. The van der Waals surface area contributed by atoms with Crippen LogP contribution in [0.2, 0.25) is 0 Å². The molecule has 5 heteroatoms. The van der Waals surface area contributed by atoms with E-state index in [0.29, 0.717) is 13.1 Å². The molecule has 1 heterocycles. The van der Waals surface area contributed by atoms with E-state index in [4.69, 9.17) is 5.11 Å². The summed E-state index contributed by atoms with van der Waals surface area (Å²) in [6, 6.07) is 4.31. The molecular weight excluding hydrogens is 224 g/mol. The van der Waals surface area contributed by atoms with Crippen molar-refractivity contribution < 1.29 is 9.90 Å². The number of thiophene rings is 1. The van der Waals surface area contributed by atoms with Gasteiger partial charge in [-0.3, -0.25) is 9.69 Å². The zero-order chi connectivity index (χ0) is 12.0. The van der Waals surface area contributed by atoms with E-state index in [-0.39, 0.29) is 18.6 Å². The Morgan fingerprint density at radius 2 is 2.44 bits per heavy atom. The number of aliphatic hydroxyl groups is 1. The summed E-state index contributed by atoms with van der Waals surface area (Å²) in [5, 5.41) is 13.3. The number of hydrogen-bond donors (Lipinski definition) is 2. The van der Waals surface area contributed by atoms with Crippen molar-refractivity contribution in [1.29, 1.82) is 0 Å². The third-order valence-corrected chi connectivity index (χ3v) is 3.49. The van der Waals surface area contributed by atoms with Gasteiger partial charge in [0, 0.05) is 17.5 Å². The summed E-state index contributed by atoms with van der Waals surface area (Å²) >= 11 is 1.69. The first-order chi connectivity index (χ1) is 7.65. The maximum Gasteiger partial charge on any atom is 0.234 e. The Balaban J connectivity index is 2.40. The molecule has 1 atom stereocenters. The highest BCUT2D eigenvalue weighted by Gasteiger charge is 2.14. The molecule has 16 heavy (non-hydrogen) atoms. The van der Waals surface area contributed by atoms with Gasteiger partial charge < -0.3 is 10.4 Å². The molecule has 1 unspecified atom stereocenters. The van der Waals surface area contributed by atoms with Crippen molar-refractivity contribution in [1.82, 2.24) is 10.2 Å². The second-order valence-electron chi connectivity index (χ2n) is 3.68. The van der Waals surface area contributed by atoms with Gasteiger partial charge in [-0.25, -0.2) is 0 Å². The van der Waals surface area contributed by atoms with Crippen LogP contribution in [-0.2, 0) is 4.79 Å². The quantitative estimate of drug-likeness (QED) is 0.777. The summed E-state index contributed by atoms with van der Waals surface area (Å²) < 4.78 is 0. The van der Waals surface area contributed by atoms with E-state index in [0.717, 1.165) is 0 Å². The molecule has 0 saturated carbocycles. The van der Waals surface area contributed by atoms with Gasteiger partial charge in [-0.05, 0) is 25.4 Å². The normalized spacial score (nSPS) is 12.8. The van der Waals surface area contributed by atoms with Gasteiger partial charge in [0.1, 0.15) is 0 Å². The van der Waals surface area contributed by atoms with E-state index in [1.165, 1.54) is 4.88 Å². The molecule has 0 aliphatic heterocycles. The van der Waals surface area contributed by atoms with Gasteiger partial charge in [-0.2, -0.15) is 0 Å². The van der Waals surface area contributed by atoms with E-state index in [9.17, 15) is 4.79 Å². The molecule has 90 valence electrons. The first kappa shape index (κ1) is 13.2. The topological polar surface area (TPSA) is 52.6 Å². The summed E-state index contributed by atoms with van der Waals surface area (Å²) in [5.74, 6) is -0.0556. The highest BCUT2D eigenvalue weighted by Crippen LogP contribution is 2.22. The lowest BCUT2D eigenvalue weighted by Gasteiger charge is -2.22. The van der Waals surface area contributed by atoms with Crippen LogP contribution in [0.25, 0.3) is 0 Å². The first-order valence-electron chi connectivity index (χ1n) is 5.26. The van der Waals surface area contributed by atoms with Crippen LogP contribution in [0.4, 0.5) is 0 Å². The molecule has 1 aromatic heterocycles. The average Bonchev–Trinajstić information content (AvgIpc) is 2.78. The molecule has 4 nitrogen and oxygen atoms in total. The van der Waals surface area contributed by atoms with E-state index < -0.39 is 0 Å². The van der Waals surface area contributed by atoms with Gasteiger partial charge >= 0.3 is 0 Å². The molecule has 2 N–H and O–H groups in total. The maximum atomic E-state index is 11.4. The van der Waals surface area contributed by atoms with Crippen LogP contribution in [0.15, 0.2) is 17.5 Å². The Morgan fingerprint density at radius 1 is 1.69 bits per heavy atom. The fourth-order valence-electron chi connectivity index (χ4n) is 1.36. The summed E-state index contributed by atoms with van der Waals surface area (Å²) in [7, 11) is 1.92. The van der Waals surface area contributed by atoms with Gasteiger partial charge in [0.25, 0.3) is 0 Å². The maximum absolute atomic E-state index is 11.4. The SMILES string of the molecule is CC(c1cccs1)N(C)CC(=O)NCCO. The van der Waals surface area contributed by atoms with Crippen molar-refractivity contribution >= 4 is 17.2 Å². The number of likely N-dealkylation sites (N-methyl/N-ethyl adjacent to an activating group) is 1. The fraction of sp³-hybridized carbons (Fsp3) is 0.545. The van der Waals surface area contributed by atoms with Gasteiger partial charge in [0.05, 0.1) is 13.2 Å². The summed E-state index contributed by atoms with van der Waals surface area (Å²) in [6.07, 6.45) is 0. The summed E-state index contributed by atoms with van der Waals surface area (Å²) in [4.78, 5) is 14.7. The van der Waals surface area contributed by atoms with Crippen molar-refractivity contribution in [3.05, 3.63) is 22.4 Å². The second kappa shape index (κ2) is 6.62. The molecule has 0 saturated heterocycles. The number of rotatable bonds is 6. The highest BCUT2D eigenvalue weighted by atomic mass is 32.1. The summed E-state index contributed by atoms with van der Waals surface area (Å²) in [6.45, 7) is 2.72. The Kier molecular flexibility index (Phi) is 5.45. The molecule has 0 aliphatic carbocycles. The van der Waals surface area contributed by atoms with Crippen LogP contribution in [0.1, 0.15) is 17.8 Å². The Morgan fingerprint density at radius 3 is 3.00 bits per heavy atom. The standard InChI is InChI=1S/C11H18N2O2S/c1-9(10-4-3-7-16-10)13(2)8-11(15)12-5-6-14/h3-4,7,9,14H,5-6,8H2,1-2H3,(H,12,15). The van der Waals surface area contributed by atoms with Crippen LogP contribution in [0, 0.1) is 0 Å². The molecule has 0 aliphatic rings. The minimum Gasteiger partial charge on any atom is -0.395 e. The summed E-state index contributed by atoms with van der Waals surface area (Å²) in [5.41, 5.74) is 0. The predicted molar refractivity (Wildman–Crippen MR) is 65.5 cm³/mol. The third-order valence-electron chi connectivity index (χ3n) is 2.44. The number of nitrogens with zero attached hydrogens (tertiary/aromatic N) is 1. The molecule has 0 fully saturated rings. The van der Waals surface area contributed by atoms with Gasteiger partial charge in [-0.15, -0.1) is 11.3 Å². The predicted octanol–water partition coefficient (Wildman–Crippen LogP) is 0.849. The number of nitrogens with one attached hydrogen (secondary N) is 1. The van der Waals surface area contributed by atoms with Crippen LogP contribution >= 0.6 is 11.3 Å². The lowest BCUT2D eigenvalue weighted by atomic mass is 10.2. The smallest absolute Gasteiger partial charge is 0.234 e. The number of carbonyl (C=O) groups is 1. The van der Waals surface area contributed by atoms with E-state index in [2.05, 4.69) is 18.3 Å². The number of carbonyl (C=O) groups excluding carboxylic acids is 1. The van der Waals surface area contributed by atoms with Gasteiger partial charge in [0.2, 0.25) is 5.91 Å². The van der Waals surface area contributed by atoms with Gasteiger partial charge in [0.15, 0.2) is 0 Å². The van der Waals surface area contributed by atoms with E-state index in [1.807, 2.05) is 23.4 Å². The van der Waals surface area contributed by atoms with Crippen LogP contribution in [0.5, 0.6) is 0 Å². The lowest BCUT2D eigenvalue weighted by Crippen LogP contribution is -2.37. The number of aliphatic hydroxyl groups excluding tert-OH is 1. The van der Waals surface area contributed by atoms with E-state index in [1.54, 1.807) is 11.3 Å². The minimum atomic E-state index is -0.0556. The molecule has 0 aromatic carbocycles. The second-order valence-corrected chi connectivity index (χ2v) is 4.66. The molecule has 0 bridgehead atoms. The van der Waals surface area contributed by atoms with Crippen molar-refractivity contribution in [2.75, 3.05) is 26.7 Å².